The molecule has 0 saturated heterocycles. The predicted octanol–water partition coefficient (Wildman–Crippen LogP) is -53.2. The molecule has 0 aliphatic carbocycles. The van der Waals surface area contributed by atoms with Crippen LogP contribution in [-0.4, -0.2) is 1000 Å². The van der Waals surface area contributed by atoms with Crippen molar-refractivity contribution in [2.45, 2.75) is 0 Å². The van der Waals surface area contributed by atoms with Gasteiger partial charge >= 0.3 is 0 Å². The molecule has 1 atom stereocenters. The highest BCUT2D eigenvalue weighted by atomic mass is 31.1. The van der Waals surface area contributed by atoms with E-state index >= 15 is 0 Å². The van der Waals surface area contributed by atoms with Crippen LogP contribution in [0.25, 0.3) is 0 Å². The first-order chi connectivity index (χ1) is 65.1. The van der Waals surface area contributed by atoms with Crippen LogP contribution in [0.5, 0.6) is 0 Å². The molecule has 0 saturated carbocycles. The predicted molar refractivity (Wildman–Crippen MR) is 824 cm³/mol. The maximum Gasteiger partial charge on any atom is 0.0527 e. The van der Waals surface area contributed by atoms with Gasteiger partial charge in [-0.1, -0.05) is 0 Å². The quantitative estimate of drug-likeness (QED) is 0.0421. The maximum atomic E-state index is 7.89. The summed E-state index contributed by atoms with van der Waals surface area (Å²) in [6.07, 6.45) is -158. The van der Waals surface area contributed by atoms with E-state index in [0.717, 1.165) is 7.06 Å². The molecular formula is B142P. The Bertz CT molecular complexity index is 2510. The van der Waals surface area contributed by atoms with Gasteiger partial charge in [0.15, 0.2) is 0 Å². The van der Waals surface area contributed by atoms with Gasteiger partial charge in [-0.2, -0.15) is 0 Å². The van der Waals surface area contributed by atoms with E-state index in [1.54, 1.807) is 0 Å². The summed E-state index contributed by atoms with van der Waals surface area (Å²) in [5.74, 6) is 0. The average Bonchev–Trinajstić information content (AvgIpc) is 0.694. The van der Waals surface area contributed by atoms with E-state index in [4.69, 9.17) is 557 Å². The Labute approximate surface area is 1000 Å². The summed E-state index contributed by atoms with van der Waals surface area (Å²) in [6, 6.07) is 0. The molecule has 0 aliphatic rings. The van der Waals surface area contributed by atoms with Crippen molar-refractivity contribution in [3.63, 3.8) is 0 Å². The lowest BCUT2D eigenvalue weighted by molar-refractivity contribution is 3.16. The molecule has 0 fully saturated rings. The third kappa shape index (κ3) is 41.0. The summed E-state index contributed by atoms with van der Waals surface area (Å²) in [7, 11) is 541. The fourth-order valence-electron chi connectivity index (χ4n) is 25.4. The number of hydrogen-bond donors (Lipinski definition) is 0. The van der Waals surface area contributed by atoms with Crippen LogP contribution in [0.15, 0.2) is 0 Å². The zero-order chi connectivity index (χ0) is 113. The van der Waals surface area contributed by atoms with Crippen LogP contribution < -0.4 is 0 Å². The largest absolute Gasteiger partial charge is 0.253 e. The van der Waals surface area contributed by atoms with Gasteiger partial charge in [0, 0.05) is 986 Å². The lowest BCUT2D eigenvalue weighted by Crippen LogP contribution is -2.97. The molecule has 431 valence electrons. The van der Waals surface area contributed by atoms with Gasteiger partial charge < -0.3 is 0 Å². The van der Waals surface area contributed by atoms with Gasteiger partial charge in [-0.05, 0) is 0 Å². The summed E-state index contributed by atoms with van der Waals surface area (Å²) < 4.78 is 0. The smallest absolute Gasteiger partial charge is 0.0527 e. The van der Waals surface area contributed by atoms with Gasteiger partial charge in [-0.25, -0.2) is 0 Å². The Morgan fingerprint density at radius 3 is 0.217 bits per heavy atom. The molecule has 0 heterocycles. The Kier molecular flexibility index (Phi) is 75.5. The highest BCUT2D eigenvalue weighted by Gasteiger charge is 2.72. The Balaban J connectivity index is 18.6. The van der Waals surface area contributed by atoms with Gasteiger partial charge in [0.05, 0.1) is 18.6 Å². The average molecular weight is 1570 g/mol. The summed E-state index contributed by atoms with van der Waals surface area (Å²) in [5, 5.41) is 0. The molecule has 0 aliphatic heterocycles. The minimum absolute atomic E-state index is 0.849. The molecule has 0 N–H and O–H groups in total. The third-order valence-corrected chi connectivity index (χ3v) is 34.4. The van der Waals surface area contributed by atoms with Gasteiger partial charge in [0.1, 0.15) is 0 Å². The summed E-state index contributed by atoms with van der Waals surface area (Å²) in [4.78, 5) is 0. The molecule has 0 rings (SSSR count). The second kappa shape index (κ2) is 70.7. The monoisotopic (exact) mass is 1590 g/mol. The first-order valence-electron chi connectivity index (χ1n) is 47.1. The topological polar surface area (TPSA) is 0 Å². The van der Waals surface area contributed by atoms with Gasteiger partial charge in [-0.15, -0.1) is 0 Å². The van der Waals surface area contributed by atoms with E-state index in [1.165, 1.54) is 0 Å². The zero-order valence-electron chi connectivity index (χ0n) is 82.4. The lowest BCUT2D eigenvalue weighted by Gasteiger charge is -2.66. The molecule has 143 heteroatoms. The molecule has 0 spiro atoms. The van der Waals surface area contributed by atoms with Crippen molar-refractivity contribution in [1.82, 2.24) is 0 Å². The van der Waals surface area contributed by atoms with Crippen LogP contribution in [0.4, 0.5) is 0 Å². The van der Waals surface area contributed by atoms with Crippen molar-refractivity contribution in [2.24, 2.45) is 0 Å². The van der Waals surface area contributed by atoms with E-state index in [0.29, 0.717) is 0 Å². The number of hydrogen-bond acceptors (Lipinski definition) is 0. The molecular weight excluding hydrogens is 1570 g/mol. The van der Waals surface area contributed by atoms with Crippen molar-refractivity contribution in [1.29, 1.82) is 0 Å². The highest BCUT2D eigenvalue weighted by molar-refractivity contribution is 8.66. The van der Waals surface area contributed by atoms with Crippen molar-refractivity contribution >= 4 is 1010 Å². The minimum Gasteiger partial charge on any atom is -0.253 e. The highest BCUT2D eigenvalue weighted by Crippen LogP contribution is 2.55. The fraction of sp³-hybridized carbons (Fsp3) is 0. The Hall–Kier alpha value is 9.65. The summed E-state index contributed by atoms with van der Waals surface area (Å²) in [6.45, 7) is 0. The van der Waals surface area contributed by atoms with E-state index in [9.17, 15) is 0 Å². The summed E-state index contributed by atoms with van der Waals surface area (Å²) in [5.41, 5.74) is 0. The van der Waals surface area contributed by atoms with E-state index in [1.807, 2.05) is 0 Å². The molecule has 0 aromatic rings. The van der Waals surface area contributed by atoms with E-state index in [-0.39, 0.29) is 0 Å². The molecule has 145 radical (unpaired) electrons. The molecule has 0 aromatic heterocycles. The molecule has 0 nitrogen and oxygen atoms in total. The molecule has 0 bridgehead atoms. The third-order valence-electron chi connectivity index (χ3n) is 30.3. The zero-order valence-corrected chi connectivity index (χ0v) is 83.3. The molecule has 0 amide bonds. The van der Waals surface area contributed by atoms with E-state index < -0.39 is 448 Å². The van der Waals surface area contributed by atoms with Crippen LogP contribution >= 0.6 is 7.56 Å². The van der Waals surface area contributed by atoms with Crippen LogP contribution in [0, 0.1) is 0 Å². The molecule has 143 heavy (non-hydrogen) atoms. The first kappa shape index (κ1) is 153. The fourth-order valence-corrected chi connectivity index (χ4v) is 31.4. The van der Waals surface area contributed by atoms with Crippen molar-refractivity contribution < 1.29 is 0 Å². The van der Waals surface area contributed by atoms with Gasteiger partial charge in [0.2, 0.25) is 0 Å². The second-order valence-electron chi connectivity index (χ2n) is 40.2. The maximum absolute atomic E-state index is 7.89. The first-order valence-corrected chi connectivity index (χ1v) is 48.7. The van der Waals surface area contributed by atoms with Crippen LogP contribution in [0.1, 0.15) is 0 Å². The van der Waals surface area contributed by atoms with Crippen molar-refractivity contribution in [2.75, 3.05) is 0 Å². The van der Waals surface area contributed by atoms with Crippen LogP contribution in [-0.2, 0) is 0 Å². The second-order valence-corrected chi connectivity index (χ2v) is 42.9. The summed E-state index contributed by atoms with van der Waals surface area (Å²) >= 11 is 0. The lowest BCUT2D eigenvalue weighted by atomic mass is 8.26. The Morgan fingerprint density at radius 2 is 0.147 bits per heavy atom. The minimum atomic E-state index is -4.73. The number of rotatable bonds is 70. The normalized spacial score (nSPS) is 10.1. The van der Waals surface area contributed by atoms with E-state index in [2.05, 4.69) is 0 Å². The van der Waals surface area contributed by atoms with Crippen LogP contribution in [0.2, 0.25) is 0 Å². The molecule has 1 unspecified atom stereocenters. The molecule has 0 aromatic carbocycles. The standard InChI is InChI=1S/B142P/c1-73-109(72)127(108(70)71)136(126(106(66)67)107(68)69)141(137(128(110(74(2)3)75(4)5)111(76(6)7)77(8)9)129(112(78(10)11)79(12)13)113(80(14)15)81(16)17)143(140(134(122(98(50)51)99(52)53)123(100(54)55)101(56)57)135(124(102(58)59)103(60)61)125(104(62)63)105(64)65)142(138(130(114(82(18)19)83(20)21)115(84(22)23)85(24)25)131(116(86(26)27)87(28)29)117(88(30)31)89(32)33)139(132(118(90(34)35)91(36)37)119(92(38)39)93(40)41)133(120(94(42)43)95(44)45)121(96(46)47)97(48)49. The Morgan fingerprint density at radius 1 is 0.0839 bits per heavy atom. The van der Waals surface area contributed by atoms with Crippen molar-refractivity contribution in [3.8, 4) is 0 Å². The SMILES string of the molecule is [B][B]B([B])B(B([B])[B])B(B(B([B])[B])B([B])[B])B(B(B(B(B([B])[B])B([B])[B])B(B([B])[B])B([B])[B])B(B(B([B])[B])B([B])[B])B(B([B])[B])B([B])[B])P(B(B(B(B([B])[B])B([B])[B])B(B([B])[B])B([B])[B])B(B(B([B])[B])B([B])[B])B(B([B])[B])B([B])[B])B(B(B(B(B([B])[B])B([B])[B])B(B([B])[B])B([B])[B])B(B(B([B])[B])B([B])[B])B(B([B])[B])B([B])[B])B(B(B(B([B])[B])B([B])[B])B(B([B])[B])B([B])[B])B(B(B([B])[B])B([B])[B])B(B([B])[B])B([B])[B]. The van der Waals surface area contributed by atoms with Gasteiger partial charge in [0.25, 0.3) is 0 Å². The van der Waals surface area contributed by atoms with Crippen LogP contribution in [0.3, 0.4) is 0 Å². The van der Waals surface area contributed by atoms with Crippen molar-refractivity contribution in [3.05, 3.63) is 0 Å². The van der Waals surface area contributed by atoms with Gasteiger partial charge in [-0.3, -0.25) is 7.56 Å².